The van der Waals surface area contributed by atoms with E-state index in [-0.39, 0.29) is 46.4 Å². The van der Waals surface area contributed by atoms with E-state index in [4.69, 9.17) is 16.7 Å². The molecule has 4 rings (SSSR count). The topological polar surface area (TPSA) is 136 Å². The second kappa shape index (κ2) is 9.70. The summed E-state index contributed by atoms with van der Waals surface area (Å²) in [5.74, 6) is -0.780. The summed E-state index contributed by atoms with van der Waals surface area (Å²) < 4.78 is 33.3. The van der Waals surface area contributed by atoms with Crippen molar-refractivity contribution < 1.29 is 28.2 Å². The van der Waals surface area contributed by atoms with Gasteiger partial charge in [0, 0.05) is 35.7 Å². The lowest BCUT2D eigenvalue weighted by Gasteiger charge is -2.11. The highest BCUT2D eigenvalue weighted by Crippen LogP contribution is 2.37. The minimum absolute atomic E-state index is 0.0117. The van der Waals surface area contributed by atoms with Crippen LogP contribution in [0.3, 0.4) is 0 Å². The van der Waals surface area contributed by atoms with Crippen molar-refractivity contribution in [2.24, 2.45) is 0 Å². The summed E-state index contributed by atoms with van der Waals surface area (Å²) in [6.07, 6.45) is 4.68. The first kappa shape index (κ1) is 22.9. The monoisotopic (exact) mass is 491 g/mol. The van der Waals surface area contributed by atoms with Gasteiger partial charge in [0.25, 0.3) is 5.91 Å². The van der Waals surface area contributed by atoms with Gasteiger partial charge in [-0.1, -0.05) is 11.6 Å². The fourth-order valence-electron chi connectivity index (χ4n) is 3.17. The Bertz CT molecular complexity index is 1360. The molecule has 34 heavy (non-hydrogen) atoms. The first-order chi connectivity index (χ1) is 16.3. The summed E-state index contributed by atoms with van der Waals surface area (Å²) in [5.41, 5.74) is 0.820. The Hall–Kier alpha value is -4.26. The van der Waals surface area contributed by atoms with Crippen molar-refractivity contribution in [3.63, 3.8) is 0 Å². The summed E-state index contributed by atoms with van der Waals surface area (Å²) in [5, 5.41) is 22.3. The predicted molar refractivity (Wildman–Crippen MR) is 116 cm³/mol. The van der Waals surface area contributed by atoms with Crippen molar-refractivity contribution in [2.75, 3.05) is 11.9 Å². The Morgan fingerprint density at radius 1 is 1.29 bits per heavy atom. The average Bonchev–Trinajstić information content (AvgIpc) is 3.38. The summed E-state index contributed by atoms with van der Waals surface area (Å²) in [4.78, 5) is 27.9. The Kier molecular flexibility index (Phi) is 6.54. The summed E-state index contributed by atoms with van der Waals surface area (Å²) in [6, 6.07) is 5.65. The number of nitrogens with zero attached hydrogens (tertiary/aromatic N) is 5. The number of carboxylic acid groups (broad SMARTS) is 1. The molecule has 0 saturated heterocycles. The lowest BCUT2D eigenvalue weighted by atomic mass is 10.1. The highest BCUT2D eigenvalue weighted by atomic mass is 35.5. The number of amides is 2. The van der Waals surface area contributed by atoms with Crippen molar-refractivity contribution in [3.05, 3.63) is 59.6 Å². The number of anilines is 1. The molecule has 0 aliphatic carbocycles. The van der Waals surface area contributed by atoms with Crippen molar-refractivity contribution in [1.82, 2.24) is 29.7 Å². The number of alkyl halides is 2. The Balaban J connectivity index is 1.72. The SMILES string of the molecule is O=C(O)NCCn1cc(NC(=O)c2cnn3cccnc23)c(-c2cc(Cl)ccc2OC(F)F)n1. The van der Waals surface area contributed by atoms with E-state index < -0.39 is 18.6 Å². The van der Waals surface area contributed by atoms with Crippen molar-refractivity contribution in [2.45, 2.75) is 13.2 Å². The van der Waals surface area contributed by atoms with Crippen LogP contribution in [0.5, 0.6) is 5.75 Å². The Labute approximate surface area is 194 Å². The molecule has 11 nitrogen and oxygen atoms in total. The molecular weight excluding hydrogens is 476 g/mol. The zero-order valence-electron chi connectivity index (χ0n) is 17.2. The zero-order valence-corrected chi connectivity index (χ0v) is 17.9. The lowest BCUT2D eigenvalue weighted by molar-refractivity contribution is -0.0494. The van der Waals surface area contributed by atoms with Crippen LogP contribution in [0.2, 0.25) is 5.02 Å². The smallest absolute Gasteiger partial charge is 0.404 e. The van der Waals surface area contributed by atoms with Crippen LogP contribution in [-0.4, -0.2) is 54.6 Å². The molecule has 176 valence electrons. The molecule has 0 fully saturated rings. The van der Waals surface area contributed by atoms with Crippen LogP contribution in [0.1, 0.15) is 10.4 Å². The van der Waals surface area contributed by atoms with Crippen molar-refractivity contribution in [3.8, 4) is 17.0 Å². The molecule has 0 spiro atoms. The van der Waals surface area contributed by atoms with E-state index in [0.717, 1.165) is 0 Å². The standard InChI is InChI=1S/C20H16ClF2N7O4/c21-11-2-3-15(34-19(22)23)12(8-11)16-14(10-29(28-16)7-5-25-20(32)33)27-18(31)13-9-26-30-6-1-4-24-17(13)30/h1-4,6,8-10,19,25H,5,7H2,(H,27,31)(H,32,33). The third-order valence-electron chi connectivity index (χ3n) is 4.56. The summed E-state index contributed by atoms with van der Waals surface area (Å²) in [6.45, 7) is -3.00. The van der Waals surface area contributed by atoms with Gasteiger partial charge in [-0.3, -0.25) is 9.48 Å². The molecule has 3 heterocycles. The van der Waals surface area contributed by atoms with Gasteiger partial charge in [-0.15, -0.1) is 0 Å². The van der Waals surface area contributed by atoms with Gasteiger partial charge in [0.2, 0.25) is 0 Å². The number of halogens is 3. The van der Waals surface area contributed by atoms with E-state index in [1.165, 1.54) is 46.0 Å². The maximum Gasteiger partial charge on any atom is 0.404 e. The zero-order chi connectivity index (χ0) is 24.2. The molecule has 4 aromatic rings. The maximum absolute atomic E-state index is 13.0. The van der Waals surface area contributed by atoms with Crippen molar-refractivity contribution in [1.29, 1.82) is 0 Å². The quantitative estimate of drug-likeness (QED) is 0.344. The van der Waals surface area contributed by atoms with Crippen LogP contribution in [-0.2, 0) is 6.54 Å². The first-order valence-corrected chi connectivity index (χ1v) is 10.1. The molecule has 1 aromatic carbocycles. The fourth-order valence-corrected chi connectivity index (χ4v) is 3.34. The van der Waals surface area contributed by atoms with E-state index >= 15 is 0 Å². The second-order valence-corrected chi connectivity index (χ2v) is 7.24. The Morgan fingerprint density at radius 3 is 2.88 bits per heavy atom. The van der Waals surface area contributed by atoms with Crippen LogP contribution in [0.15, 0.2) is 49.1 Å². The molecule has 0 saturated carbocycles. The van der Waals surface area contributed by atoms with E-state index in [9.17, 15) is 18.4 Å². The molecule has 3 aromatic heterocycles. The molecular formula is C20H16ClF2N7O4. The largest absolute Gasteiger partial charge is 0.465 e. The lowest BCUT2D eigenvalue weighted by Crippen LogP contribution is -2.25. The van der Waals surface area contributed by atoms with E-state index in [1.54, 1.807) is 12.3 Å². The molecule has 0 atom stereocenters. The average molecular weight is 492 g/mol. The highest BCUT2D eigenvalue weighted by molar-refractivity contribution is 6.31. The highest BCUT2D eigenvalue weighted by Gasteiger charge is 2.22. The Morgan fingerprint density at radius 2 is 2.12 bits per heavy atom. The first-order valence-electron chi connectivity index (χ1n) is 9.70. The predicted octanol–water partition coefficient (Wildman–Crippen LogP) is 3.37. The van der Waals surface area contributed by atoms with Gasteiger partial charge >= 0.3 is 12.7 Å². The molecule has 14 heteroatoms. The molecule has 3 N–H and O–H groups in total. The van der Waals surface area contributed by atoms with E-state index in [1.807, 2.05) is 0 Å². The minimum Gasteiger partial charge on any atom is -0.465 e. The van der Waals surface area contributed by atoms with Crippen LogP contribution in [0, 0.1) is 0 Å². The molecule has 0 unspecified atom stereocenters. The van der Waals surface area contributed by atoms with E-state index in [0.29, 0.717) is 5.65 Å². The van der Waals surface area contributed by atoms with E-state index in [2.05, 4.69) is 30.6 Å². The molecule has 0 aliphatic heterocycles. The number of carbonyl (C=O) groups is 2. The number of aromatic nitrogens is 5. The number of hydrogen-bond acceptors (Lipinski definition) is 6. The van der Waals surface area contributed by atoms with Gasteiger partial charge in [-0.2, -0.15) is 19.0 Å². The number of fused-ring (bicyclic) bond motifs is 1. The maximum atomic E-state index is 13.0. The van der Waals surface area contributed by atoms with Gasteiger partial charge in [0.05, 0.1) is 18.4 Å². The minimum atomic E-state index is -3.11. The number of hydrogen-bond donors (Lipinski definition) is 3. The number of carbonyl (C=O) groups excluding carboxylic acids is 1. The fraction of sp³-hybridized carbons (Fsp3) is 0.150. The molecule has 0 aliphatic rings. The molecule has 0 radical (unpaired) electrons. The van der Waals surface area contributed by atoms with Crippen LogP contribution in [0.4, 0.5) is 19.3 Å². The number of nitrogens with one attached hydrogen (secondary N) is 2. The normalized spacial score (nSPS) is 11.1. The number of rotatable bonds is 8. The molecule has 2 amide bonds. The van der Waals surface area contributed by atoms with Crippen LogP contribution in [0.25, 0.3) is 16.9 Å². The van der Waals surface area contributed by atoms with Gasteiger partial charge in [0.1, 0.15) is 17.0 Å². The van der Waals surface area contributed by atoms with Gasteiger partial charge in [0.15, 0.2) is 5.65 Å². The third-order valence-corrected chi connectivity index (χ3v) is 4.80. The third kappa shape index (κ3) is 5.04. The number of benzene rings is 1. The van der Waals surface area contributed by atoms with Crippen LogP contribution < -0.4 is 15.4 Å². The summed E-state index contributed by atoms with van der Waals surface area (Å²) >= 11 is 6.07. The number of ether oxygens (including phenoxy) is 1. The molecule has 0 bridgehead atoms. The van der Waals surface area contributed by atoms with Gasteiger partial charge in [-0.05, 0) is 24.3 Å². The van der Waals surface area contributed by atoms with Gasteiger partial charge < -0.3 is 20.5 Å². The van der Waals surface area contributed by atoms with Crippen molar-refractivity contribution >= 4 is 34.9 Å². The van der Waals surface area contributed by atoms with Gasteiger partial charge in [-0.25, -0.2) is 14.3 Å². The summed E-state index contributed by atoms with van der Waals surface area (Å²) in [7, 11) is 0. The van der Waals surface area contributed by atoms with Crippen LogP contribution >= 0.6 is 11.6 Å². The second-order valence-electron chi connectivity index (χ2n) is 6.81.